The van der Waals surface area contributed by atoms with Crippen LogP contribution in [0.2, 0.25) is 0 Å². The smallest absolute Gasteiger partial charge is 0.106 e. The lowest BCUT2D eigenvalue weighted by Gasteiger charge is -2.59. The normalized spacial score (nSPS) is 49.4. The van der Waals surface area contributed by atoms with Crippen molar-refractivity contribution in [1.82, 2.24) is 0 Å². The predicted octanol–water partition coefficient (Wildman–Crippen LogP) is 5.03. The predicted molar refractivity (Wildman–Crippen MR) is 101 cm³/mol. The van der Waals surface area contributed by atoms with Crippen LogP contribution in [-0.4, -0.2) is 25.6 Å². The maximum Gasteiger partial charge on any atom is 0.106 e. The molecule has 6 atom stereocenters. The van der Waals surface area contributed by atoms with E-state index < -0.39 is 0 Å². The molecule has 0 N–H and O–H groups in total. The summed E-state index contributed by atoms with van der Waals surface area (Å²) in [6.45, 7) is 5.07. The third kappa shape index (κ3) is 2.54. The van der Waals surface area contributed by atoms with Gasteiger partial charge in [-0.15, -0.1) is 0 Å². The molecular formula is C21H34N2O2. The lowest BCUT2D eigenvalue weighted by Crippen LogP contribution is -2.53. The van der Waals surface area contributed by atoms with Gasteiger partial charge in [0.05, 0.1) is 11.4 Å². The highest BCUT2D eigenvalue weighted by Gasteiger charge is 2.59. The molecule has 4 heteroatoms. The van der Waals surface area contributed by atoms with E-state index in [-0.39, 0.29) is 5.41 Å². The van der Waals surface area contributed by atoms with Gasteiger partial charge in [-0.05, 0) is 86.9 Å². The van der Waals surface area contributed by atoms with Gasteiger partial charge in [-0.3, -0.25) is 0 Å². The van der Waals surface area contributed by atoms with E-state index in [2.05, 4.69) is 24.2 Å². The third-order valence-electron chi connectivity index (χ3n) is 8.66. The summed E-state index contributed by atoms with van der Waals surface area (Å²) in [5, 5.41) is 8.73. The highest BCUT2D eigenvalue weighted by atomic mass is 16.6. The molecule has 4 rings (SSSR count). The van der Waals surface area contributed by atoms with Crippen molar-refractivity contribution >= 4 is 11.4 Å². The Balaban J connectivity index is 1.58. The summed E-state index contributed by atoms with van der Waals surface area (Å²) in [4.78, 5) is 10.2. The van der Waals surface area contributed by atoms with Crippen molar-refractivity contribution in [1.29, 1.82) is 0 Å². The number of hydrogen-bond acceptors (Lipinski definition) is 4. The summed E-state index contributed by atoms with van der Waals surface area (Å²) in [5.74, 6) is 3.38. The maximum atomic E-state index is 5.18. The molecule has 0 amide bonds. The van der Waals surface area contributed by atoms with Gasteiger partial charge in [-0.1, -0.05) is 24.2 Å². The first-order valence-corrected chi connectivity index (χ1v) is 10.2. The van der Waals surface area contributed by atoms with Gasteiger partial charge in [0.2, 0.25) is 0 Å². The number of hydrogen-bond donors (Lipinski definition) is 0. The fourth-order valence-corrected chi connectivity index (χ4v) is 7.32. The first kappa shape index (κ1) is 17.4. The Labute approximate surface area is 152 Å². The van der Waals surface area contributed by atoms with Gasteiger partial charge < -0.3 is 9.68 Å². The molecule has 4 fully saturated rings. The van der Waals surface area contributed by atoms with E-state index in [0.717, 1.165) is 42.9 Å². The zero-order chi connectivity index (χ0) is 17.7. The van der Waals surface area contributed by atoms with E-state index >= 15 is 0 Å². The zero-order valence-corrected chi connectivity index (χ0v) is 16.4. The summed E-state index contributed by atoms with van der Waals surface area (Å²) < 4.78 is 0. The number of nitrogens with zero attached hydrogens (tertiary/aromatic N) is 2. The van der Waals surface area contributed by atoms with Gasteiger partial charge in [0.1, 0.15) is 14.2 Å². The topological polar surface area (TPSA) is 43.2 Å². The van der Waals surface area contributed by atoms with Crippen molar-refractivity contribution in [2.24, 2.45) is 44.8 Å². The van der Waals surface area contributed by atoms with Crippen LogP contribution in [0.25, 0.3) is 0 Å². The Bertz CT molecular complexity index is 586. The van der Waals surface area contributed by atoms with Crippen molar-refractivity contribution < 1.29 is 9.68 Å². The molecular weight excluding hydrogens is 312 g/mol. The standard InChI is InChI=1S/C21H34N2O2/c1-20-11-9-15(22-24-3)13-14(20)5-6-16-17-7-8-19(23-25-4)21(17,2)12-10-18(16)20/h14,16-18H,5-13H2,1-4H3/b22-15-,23-19+/t14?,16-,17-,18-,20-,21-/m0/s1. The third-order valence-corrected chi connectivity index (χ3v) is 8.66. The van der Waals surface area contributed by atoms with Crippen LogP contribution in [0.4, 0.5) is 0 Å². The molecule has 0 spiro atoms. The SMILES string of the molecule is CO/N=C1/CC[C@@]2(C)C(CC[C@@H]3[C@@H]2CC[C@]2(C)/C(=N/OC)CC[C@@H]32)C1. The van der Waals surface area contributed by atoms with Crippen LogP contribution in [0.5, 0.6) is 0 Å². The van der Waals surface area contributed by atoms with Gasteiger partial charge in [0.25, 0.3) is 0 Å². The fourth-order valence-electron chi connectivity index (χ4n) is 7.32. The molecule has 4 nitrogen and oxygen atoms in total. The van der Waals surface area contributed by atoms with Gasteiger partial charge >= 0.3 is 0 Å². The number of oxime groups is 2. The molecule has 0 aromatic rings. The molecule has 4 saturated carbocycles. The molecule has 4 aliphatic rings. The summed E-state index contributed by atoms with van der Waals surface area (Å²) in [5.41, 5.74) is 3.42. The zero-order valence-electron chi connectivity index (χ0n) is 16.4. The monoisotopic (exact) mass is 346 g/mol. The summed E-state index contributed by atoms with van der Waals surface area (Å²) in [7, 11) is 3.38. The molecule has 4 aliphatic carbocycles. The molecule has 25 heavy (non-hydrogen) atoms. The molecule has 0 bridgehead atoms. The molecule has 140 valence electrons. The minimum atomic E-state index is 0.289. The number of rotatable bonds is 2. The van der Waals surface area contributed by atoms with E-state index in [1.807, 2.05) is 0 Å². The van der Waals surface area contributed by atoms with Crippen LogP contribution < -0.4 is 0 Å². The van der Waals surface area contributed by atoms with Crippen LogP contribution in [0.15, 0.2) is 10.3 Å². The average molecular weight is 347 g/mol. The highest BCUT2D eigenvalue weighted by Crippen LogP contribution is 2.65. The van der Waals surface area contributed by atoms with Crippen molar-refractivity contribution in [2.75, 3.05) is 14.2 Å². The van der Waals surface area contributed by atoms with E-state index in [4.69, 9.17) is 9.68 Å². The summed E-state index contributed by atoms with van der Waals surface area (Å²) in [6.07, 6.45) is 11.5. The summed E-state index contributed by atoms with van der Waals surface area (Å²) in [6, 6.07) is 0. The molecule has 1 unspecified atom stereocenters. The Morgan fingerprint density at radius 2 is 1.68 bits per heavy atom. The van der Waals surface area contributed by atoms with Gasteiger partial charge in [0, 0.05) is 5.41 Å². The Kier molecular flexibility index (Phi) is 4.36. The van der Waals surface area contributed by atoms with Gasteiger partial charge in [0.15, 0.2) is 0 Å². The largest absolute Gasteiger partial charge is 0.399 e. The second kappa shape index (κ2) is 6.28. The maximum absolute atomic E-state index is 5.18. The fraction of sp³-hybridized carbons (Fsp3) is 0.905. The van der Waals surface area contributed by atoms with Crippen LogP contribution >= 0.6 is 0 Å². The van der Waals surface area contributed by atoms with Crippen LogP contribution in [0.1, 0.15) is 71.6 Å². The van der Waals surface area contributed by atoms with Gasteiger partial charge in [-0.2, -0.15) is 0 Å². The van der Waals surface area contributed by atoms with E-state index in [9.17, 15) is 0 Å². The molecule has 0 aliphatic heterocycles. The molecule has 0 radical (unpaired) electrons. The van der Waals surface area contributed by atoms with E-state index in [0.29, 0.717) is 5.41 Å². The van der Waals surface area contributed by atoms with E-state index in [1.54, 1.807) is 14.2 Å². The Morgan fingerprint density at radius 3 is 2.44 bits per heavy atom. The highest BCUT2D eigenvalue weighted by molar-refractivity contribution is 5.92. The molecule has 0 saturated heterocycles. The second-order valence-corrected chi connectivity index (χ2v) is 9.42. The second-order valence-electron chi connectivity index (χ2n) is 9.42. The van der Waals surface area contributed by atoms with Crippen LogP contribution in [0.3, 0.4) is 0 Å². The quantitative estimate of drug-likeness (QED) is 0.658. The van der Waals surface area contributed by atoms with E-state index in [1.165, 1.54) is 49.9 Å². The Morgan fingerprint density at radius 1 is 0.880 bits per heavy atom. The molecule has 0 heterocycles. The minimum absolute atomic E-state index is 0.289. The van der Waals surface area contributed by atoms with Crippen molar-refractivity contribution in [3.05, 3.63) is 0 Å². The van der Waals surface area contributed by atoms with Crippen LogP contribution in [-0.2, 0) is 9.68 Å². The first-order chi connectivity index (χ1) is 12.0. The van der Waals surface area contributed by atoms with Crippen molar-refractivity contribution in [3.8, 4) is 0 Å². The van der Waals surface area contributed by atoms with Crippen molar-refractivity contribution in [2.45, 2.75) is 71.6 Å². The van der Waals surface area contributed by atoms with Crippen LogP contribution in [0, 0.1) is 34.5 Å². The molecule has 0 aromatic heterocycles. The van der Waals surface area contributed by atoms with Gasteiger partial charge in [-0.25, -0.2) is 0 Å². The lowest BCUT2D eigenvalue weighted by atomic mass is 9.45. The minimum Gasteiger partial charge on any atom is -0.399 e. The average Bonchev–Trinajstić information content (AvgIpc) is 2.93. The number of fused-ring (bicyclic) bond motifs is 5. The molecule has 0 aromatic carbocycles. The summed E-state index contributed by atoms with van der Waals surface area (Å²) >= 11 is 0. The lowest BCUT2D eigenvalue weighted by molar-refractivity contribution is -0.0821. The van der Waals surface area contributed by atoms with Crippen molar-refractivity contribution in [3.63, 3.8) is 0 Å². The first-order valence-electron chi connectivity index (χ1n) is 10.2. The Hall–Kier alpha value is -1.06.